The van der Waals surface area contributed by atoms with Crippen LogP contribution in [0.25, 0.3) is 0 Å². The van der Waals surface area contributed by atoms with E-state index in [1.165, 1.54) is 12.1 Å². The molecule has 1 amide bonds. The highest BCUT2D eigenvalue weighted by molar-refractivity contribution is 6.34. The number of hydrogen-bond donors (Lipinski definition) is 1. The number of carbonyl (C=O) groups is 2. The van der Waals surface area contributed by atoms with Crippen LogP contribution < -0.4 is 5.32 Å². The maximum absolute atomic E-state index is 13.6. The number of nitrogens with zero attached hydrogens (tertiary/aromatic N) is 1. The van der Waals surface area contributed by atoms with Crippen molar-refractivity contribution in [2.24, 2.45) is 0 Å². The van der Waals surface area contributed by atoms with E-state index in [9.17, 15) is 14.0 Å². The normalized spacial score (nSPS) is 10.2. The van der Waals surface area contributed by atoms with Crippen molar-refractivity contribution in [3.05, 3.63) is 46.6 Å². The van der Waals surface area contributed by atoms with Crippen LogP contribution in [-0.2, 0) is 4.74 Å². The van der Waals surface area contributed by atoms with Crippen molar-refractivity contribution < 1.29 is 23.1 Å². The fourth-order valence-corrected chi connectivity index (χ4v) is 1.75. The van der Waals surface area contributed by atoms with E-state index in [2.05, 4.69) is 10.3 Å². The van der Waals surface area contributed by atoms with Crippen molar-refractivity contribution in [1.29, 1.82) is 0 Å². The number of hydrogen-bond acceptors (Lipinski definition) is 5. The Labute approximate surface area is 123 Å². The van der Waals surface area contributed by atoms with Gasteiger partial charge in [0.05, 0.1) is 17.2 Å². The number of anilines is 1. The van der Waals surface area contributed by atoms with Gasteiger partial charge in [0.25, 0.3) is 5.91 Å². The number of oxazole rings is 1. The Bertz CT molecular complexity index is 666. The smallest absolute Gasteiger partial charge is 0.360 e. The second-order valence-corrected chi connectivity index (χ2v) is 4.22. The van der Waals surface area contributed by atoms with Crippen LogP contribution in [0.1, 0.15) is 27.8 Å². The first-order valence-corrected chi connectivity index (χ1v) is 6.28. The van der Waals surface area contributed by atoms with Gasteiger partial charge in [-0.15, -0.1) is 0 Å². The molecule has 0 saturated heterocycles. The zero-order chi connectivity index (χ0) is 15.4. The van der Waals surface area contributed by atoms with Crippen LogP contribution in [0.2, 0.25) is 5.02 Å². The predicted octanol–water partition coefficient (Wildman–Crippen LogP) is 2.90. The monoisotopic (exact) mass is 312 g/mol. The minimum absolute atomic E-state index is 0.0512. The molecule has 1 aromatic carbocycles. The lowest BCUT2D eigenvalue weighted by molar-refractivity contribution is 0.0519. The molecular weight excluding hydrogens is 303 g/mol. The third-order valence-corrected chi connectivity index (χ3v) is 2.71. The van der Waals surface area contributed by atoms with Crippen LogP contribution in [0.3, 0.4) is 0 Å². The summed E-state index contributed by atoms with van der Waals surface area (Å²) in [5, 5.41) is 2.16. The van der Waals surface area contributed by atoms with E-state index < -0.39 is 17.7 Å². The van der Waals surface area contributed by atoms with Gasteiger partial charge in [0.15, 0.2) is 5.69 Å². The van der Waals surface area contributed by atoms with Crippen LogP contribution in [0.15, 0.2) is 28.9 Å². The quantitative estimate of drug-likeness (QED) is 0.878. The number of aromatic nitrogens is 1. The summed E-state index contributed by atoms with van der Waals surface area (Å²) in [5.41, 5.74) is -0.443. The summed E-state index contributed by atoms with van der Waals surface area (Å²) in [6.07, 6.45) is 1.02. The predicted molar refractivity (Wildman–Crippen MR) is 71.8 cm³/mol. The molecule has 8 heteroatoms. The van der Waals surface area contributed by atoms with Crippen molar-refractivity contribution in [3.8, 4) is 0 Å². The molecule has 0 aliphatic rings. The first kappa shape index (κ1) is 15.0. The van der Waals surface area contributed by atoms with Crippen molar-refractivity contribution in [1.82, 2.24) is 4.98 Å². The van der Waals surface area contributed by atoms with E-state index in [0.717, 1.165) is 12.3 Å². The van der Waals surface area contributed by atoms with E-state index in [1.54, 1.807) is 6.92 Å². The summed E-state index contributed by atoms with van der Waals surface area (Å²) < 4.78 is 23.2. The maximum Gasteiger partial charge on any atom is 0.360 e. The van der Waals surface area contributed by atoms with E-state index in [0.29, 0.717) is 0 Å². The van der Waals surface area contributed by atoms with E-state index in [-0.39, 0.29) is 28.9 Å². The van der Waals surface area contributed by atoms with Gasteiger partial charge in [-0.25, -0.2) is 9.18 Å². The summed E-state index contributed by atoms with van der Waals surface area (Å²) in [5.74, 6) is -2.31. The lowest BCUT2D eigenvalue weighted by atomic mass is 10.2. The Morgan fingerprint density at radius 1 is 1.48 bits per heavy atom. The lowest BCUT2D eigenvalue weighted by Gasteiger charge is -2.04. The van der Waals surface area contributed by atoms with Crippen LogP contribution in [0.5, 0.6) is 0 Å². The fraction of sp³-hybridized carbons (Fsp3) is 0.154. The Hall–Kier alpha value is -2.41. The topological polar surface area (TPSA) is 81.4 Å². The Kier molecular flexibility index (Phi) is 4.54. The fourth-order valence-electron chi connectivity index (χ4n) is 1.50. The molecule has 0 fully saturated rings. The summed E-state index contributed by atoms with van der Waals surface area (Å²) in [7, 11) is 0. The number of ether oxygens (including phenoxy) is 1. The standard InChI is InChI=1S/C13H10ClFN2O4/c1-2-20-12(19)9-6-21-13(16-9)17-11(18)10-7(14)4-3-5-8(10)15/h3-6H,2H2,1H3,(H,16,17,18). The molecule has 1 aromatic heterocycles. The van der Waals surface area contributed by atoms with Gasteiger partial charge in [-0.05, 0) is 19.1 Å². The third-order valence-electron chi connectivity index (χ3n) is 2.40. The third kappa shape index (κ3) is 3.38. The SMILES string of the molecule is CCOC(=O)c1coc(NC(=O)c2c(F)cccc2Cl)n1. The molecule has 110 valence electrons. The highest BCUT2D eigenvalue weighted by Gasteiger charge is 2.19. The van der Waals surface area contributed by atoms with Gasteiger partial charge in [-0.1, -0.05) is 17.7 Å². The van der Waals surface area contributed by atoms with E-state index in [4.69, 9.17) is 20.8 Å². The number of rotatable bonds is 4. The molecule has 0 aliphatic heterocycles. The lowest BCUT2D eigenvalue weighted by Crippen LogP contribution is -2.15. The molecule has 21 heavy (non-hydrogen) atoms. The molecule has 0 radical (unpaired) electrons. The first-order valence-electron chi connectivity index (χ1n) is 5.91. The number of amides is 1. The van der Waals surface area contributed by atoms with Crippen molar-refractivity contribution >= 4 is 29.5 Å². The molecule has 2 aromatic rings. The van der Waals surface area contributed by atoms with Gasteiger partial charge < -0.3 is 9.15 Å². The largest absolute Gasteiger partial charge is 0.461 e. The highest BCUT2D eigenvalue weighted by atomic mass is 35.5. The van der Waals surface area contributed by atoms with Gasteiger partial charge in [0.2, 0.25) is 0 Å². The highest BCUT2D eigenvalue weighted by Crippen LogP contribution is 2.20. The number of nitrogens with one attached hydrogen (secondary N) is 1. The number of esters is 1. The van der Waals surface area contributed by atoms with E-state index in [1.807, 2.05) is 0 Å². The molecule has 1 N–H and O–H groups in total. The zero-order valence-corrected chi connectivity index (χ0v) is 11.6. The molecule has 0 bridgehead atoms. The van der Waals surface area contributed by atoms with Gasteiger partial charge in [-0.3, -0.25) is 10.1 Å². The maximum atomic E-state index is 13.6. The summed E-state index contributed by atoms with van der Waals surface area (Å²) in [6.45, 7) is 1.82. The zero-order valence-electron chi connectivity index (χ0n) is 10.9. The first-order chi connectivity index (χ1) is 10.0. The molecule has 0 atom stereocenters. The van der Waals surface area contributed by atoms with Crippen molar-refractivity contribution in [3.63, 3.8) is 0 Å². The minimum Gasteiger partial charge on any atom is -0.461 e. The van der Waals surface area contributed by atoms with Crippen LogP contribution in [0, 0.1) is 5.82 Å². The Morgan fingerprint density at radius 2 is 2.24 bits per heavy atom. The van der Waals surface area contributed by atoms with Crippen LogP contribution >= 0.6 is 11.6 Å². The summed E-state index contributed by atoms with van der Waals surface area (Å²) in [6, 6.07) is 3.58. The summed E-state index contributed by atoms with van der Waals surface area (Å²) in [4.78, 5) is 27.0. The average Bonchev–Trinajstić information content (AvgIpc) is 2.87. The molecule has 1 heterocycles. The van der Waals surface area contributed by atoms with Crippen LogP contribution in [0.4, 0.5) is 10.4 Å². The van der Waals surface area contributed by atoms with Crippen molar-refractivity contribution in [2.75, 3.05) is 11.9 Å². The van der Waals surface area contributed by atoms with Gasteiger partial charge in [0.1, 0.15) is 12.1 Å². The molecule has 0 saturated carbocycles. The van der Waals surface area contributed by atoms with E-state index >= 15 is 0 Å². The Morgan fingerprint density at radius 3 is 2.90 bits per heavy atom. The molecule has 6 nitrogen and oxygen atoms in total. The summed E-state index contributed by atoms with van der Waals surface area (Å²) >= 11 is 5.76. The number of benzene rings is 1. The van der Waals surface area contributed by atoms with Crippen LogP contribution in [-0.4, -0.2) is 23.5 Å². The molecule has 0 unspecified atom stereocenters. The number of carbonyl (C=O) groups excluding carboxylic acids is 2. The molecule has 0 aliphatic carbocycles. The second kappa shape index (κ2) is 6.36. The average molecular weight is 313 g/mol. The van der Waals surface area contributed by atoms with Gasteiger partial charge >= 0.3 is 12.0 Å². The van der Waals surface area contributed by atoms with Gasteiger partial charge in [-0.2, -0.15) is 4.98 Å². The van der Waals surface area contributed by atoms with Crippen molar-refractivity contribution in [2.45, 2.75) is 6.92 Å². The Balaban J connectivity index is 2.15. The number of halogens is 2. The van der Waals surface area contributed by atoms with Gasteiger partial charge in [0, 0.05) is 0 Å². The molecule has 2 rings (SSSR count). The molecular formula is C13H10ClFN2O4. The second-order valence-electron chi connectivity index (χ2n) is 3.81. The molecule has 0 spiro atoms. The minimum atomic E-state index is -0.838.